The summed E-state index contributed by atoms with van der Waals surface area (Å²) in [4.78, 5) is 66.4. The fourth-order valence-corrected chi connectivity index (χ4v) is 5.74. The van der Waals surface area contributed by atoms with Crippen LogP contribution in [0.25, 0.3) is 0 Å². The fraction of sp³-hybridized carbons (Fsp3) is 0.871. The lowest BCUT2D eigenvalue weighted by atomic mass is 9.95. The van der Waals surface area contributed by atoms with Crippen LogP contribution < -0.4 is 0 Å². The predicted molar refractivity (Wildman–Crippen MR) is 164 cm³/mol. The van der Waals surface area contributed by atoms with E-state index in [0.29, 0.717) is 6.42 Å². The first-order valence-corrected chi connectivity index (χ1v) is 18.0. The third-order valence-electron chi connectivity index (χ3n) is 7.42. The fourth-order valence-electron chi connectivity index (χ4n) is 5.30. The Morgan fingerprint density at radius 3 is 1.54 bits per heavy atom. The van der Waals surface area contributed by atoms with Gasteiger partial charge < -0.3 is 33.5 Å². The van der Waals surface area contributed by atoms with Gasteiger partial charge in [0.05, 0.1) is 0 Å². The number of alkyl halides is 1. The summed E-state index contributed by atoms with van der Waals surface area (Å²) >= 11 is 0. The van der Waals surface area contributed by atoms with Crippen molar-refractivity contribution in [3.8, 4) is 0 Å². The largest absolute Gasteiger partial charge is 0.472 e. The summed E-state index contributed by atoms with van der Waals surface area (Å²) in [5.74, 6) is -3.59. The van der Waals surface area contributed by atoms with E-state index < -0.39 is 75.2 Å². The number of unbranched alkanes of at least 4 members (excludes halogenated alkanes) is 14. The summed E-state index contributed by atoms with van der Waals surface area (Å²) < 4.78 is 57.3. The average molecular weight is 685 g/mol. The zero-order chi connectivity index (χ0) is 34.5. The van der Waals surface area contributed by atoms with E-state index in [4.69, 9.17) is 23.7 Å². The van der Waals surface area contributed by atoms with E-state index in [2.05, 4.69) is 11.4 Å². The highest BCUT2D eigenvalue weighted by molar-refractivity contribution is 7.46. The van der Waals surface area contributed by atoms with Crippen LogP contribution in [0.1, 0.15) is 130 Å². The van der Waals surface area contributed by atoms with Gasteiger partial charge in [-0.25, -0.2) is 8.96 Å². The number of esters is 4. The molecule has 0 bridgehead atoms. The molecule has 0 aromatic rings. The molecule has 46 heavy (non-hydrogen) atoms. The number of halogens is 1. The third kappa shape index (κ3) is 18.9. The topological polar surface area (TPSA) is 181 Å². The molecule has 2 N–H and O–H groups in total. The number of phosphoric acid groups is 1. The maximum Gasteiger partial charge on any atom is 0.472 e. The summed E-state index contributed by atoms with van der Waals surface area (Å²) in [7, 11) is -5.32. The number of ether oxygens (including phenoxy) is 5. The Morgan fingerprint density at radius 1 is 0.696 bits per heavy atom. The third-order valence-corrected chi connectivity index (χ3v) is 7.91. The molecule has 268 valence electrons. The Morgan fingerprint density at radius 2 is 1.11 bits per heavy atom. The maximum absolute atomic E-state index is 15.5. The SMILES string of the molecule is CCCCCCCCCCCCCCCCCC(=O)OC[C@H](F)C1OC(OP(=O)(O)O)C(OC(C)=O)C(OC(C)=O)C1OC(C)=O. The van der Waals surface area contributed by atoms with Crippen molar-refractivity contribution < 1.29 is 66.1 Å². The van der Waals surface area contributed by atoms with Gasteiger partial charge in [0, 0.05) is 27.2 Å². The lowest BCUT2D eigenvalue weighted by molar-refractivity contribution is -0.296. The molecule has 0 saturated carbocycles. The molecule has 1 fully saturated rings. The van der Waals surface area contributed by atoms with Crippen LogP contribution in [-0.2, 0) is 52.0 Å². The maximum atomic E-state index is 15.5. The summed E-state index contributed by atoms with van der Waals surface area (Å²) in [6, 6.07) is 0. The second-order valence-corrected chi connectivity index (χ2v) is 12.9. The summed E-state index contributed by atoms with van der Waals surface area (Å²) in [6.45, 7) is 4.25. The standard InChI is InChI=1S/C31H54FO13P/c1-5-6-7-8-9-10-11-12-13-14-15-16-17-18-19-20-26(36)40-21-25(32)27-28(41-22(2)33)29(42-23(3)34)30(43-24(4)35)31(44-27)45-46(37,38)39/h25,27-31H,5-21H2,1-4H3,(H2,37,38,39)/t25-,27?,28?,29?,30?,31?/m0/s1. The van der Waals surface area contributed by atoms with E-state index in [-0.39, 0.29) is 6.42 Å². The molecule has 13 nitrogen and oxygen atoms in total. The zero-order valence-corrected chi connectivity index (χ0v) is 28.6. The number of carbonyl (C=O) groups is 4. The van der Waals surface area contributed by atoms with Gasteiger partial charge in [-0.3, -0.25) is 23.7 Å². The molecule has 1 aliphatic rings. The van der Waals surface area contributed by atoms with Crippen LogP contribution in [0.2, 0.25) is 0 Å². The van der Waals surface area contributed by atoms with E-state index in [0.717, 1.165) is 46.5 Å². The Bertz CT molecular complexity index is 959. The molecule has 1 aliphatic heterocycles. The van der Waals surface area contributed by atoms with Crippen LogP contribution in [0.15, 0.2) is 0 Å². The minimum Gasteiger partial charge on any atom is -0.462 e. The number of rotatable bonds is 24. The van der Waals surface area contributed by atoms with Gasteiger partial charge in [-0.05, 0) is 6.42 Å². The Kier molecular flexibility index (Phi) is 21.2. The van der Waals surface area contributed by atoms with Crippen molar-refractivity contribution in [1.29, 1.82) is 0 Å². The van der Waals surface area contributed by atoms with Crippen LogP contribution in [0, 0.1) is 0 Å². The Labute approximate surface area is 271 Å². The molecule has 0 radical (unpaired) electrons. The average Bonchev–Trinajstić information content (AvgIpc) is 2.95. The van der Waals surface area contributed by atoms with Crippen molar-refractivity contribution in [3.63, 3.8) is 0 Å². The van der Waals surface area contributed by atoms with Crippen LogP contribution in [-0.4, -0.2) is 77.1 Å². The monoisotopic (exact) mass is 684 g/mol. The van der Waals surface area contributed by atoms with Crippen molar-refractivity contribution in [1.82, 2.24) is 0 Å². The molecule has 0 aromatic carbocycles. The lowest BCUT2D eigenvalue weighted by Gasteiger charge is -2.44. The highest BCUT2D eigenvalue weighted by Crippen LogP contribution is 2.42. The van der Waals surface area contributed by atoms with E-state index in [9.17, 15) is 33.5 Å². The van der Waals surface area contributed by atoms with E-state index in [1.165, 1.54) is 64.2 Å². The number of hydrogen-bond donors (Lipinski definition) is 2. The first-order valence-electron chi connectivity index (χ1n) is 16.5. The van der Waals surface area contributed by atoms with Crippen molar-refractivity contribution in [2.45, 2.75) is 167 Å². The molecule has 0 spiro atoms. The smallest absolute Gasteiger partial charge is 0.462 e. The van der Waals surface area contributed by atoms with Crippen LogP contribution >= 0.6 is 7.82 Å². The highest BCUT2D eigenvalue weighted by Gasteiger charge is 2.56. The highest BCUT2D eigenvalue weighted by atomic mass is 31.2. The van der Waals surface area contributed by atoms with Crippen LogP contribution in [0.3, 0.4) is 0 Å². The molecule has 1 heterocycles. The Hall–Kier alpha value is -2.12. The molecule has 5 unspecified atom stereocenters. The number of hydrogen-bond acceptors (Lipinski definition) is 11. The summed E-state index contributed by atoms with van der Waals surface area (Å²) in [6.07, 6.45) is 5.93. The van der Waals surface area contributed by atoms with Gasteiger partial charge in [0.1, 0.15) is 12.7 Å². The normalized spacial score (nSPS) is 22.1. The van der Waals surface area contributed by atoms with Gasteiger partial charge in [0.25, 0.3) is 0 Å². The molecule has 1 rings (SSSR count). The predicted octanol–water partition coefficient (Wildman–Crippen LogP) is 5.76. The molecule has 0 aromatic heterocycles. The second-order valence-electron chi connectivity index (χ2n) is 11.7. The molecule has 0 amide bonds. The lowest BCUT2D eigenvalue weighted by Crippen LogP contribution is -2.64. The molecular formula is C31H54FO13P. The minimum atomic E-state index is -5.32. The van der Waals surface area contributed by atoms with E-state index in [1.54, 1.807) is 0 Å². The Balaban J connectivity index is 2.56. The van der Waals surface area contributed by atoms with Gasteiger partial charge in [0.2, 0.25) is 6.29 Å². The quantitative estimate of drug-likeness (QED) is 0.0543. The zero-order valence-electron chi connectivity index (χ0n) is 27.7. The van der Waals surface area contributed by atoms with Gasteiger partial charge >= 0.3 is 31.7 Å². The number of carbonyl (C=O) groups excluding carboxylic acids is 4. The van der Waals surface area contributed by atoms with Gasteiger partial charge in [-0.2, -0.15) is 0 Å². The van der Waals surface area contributed by atoms with Crippen LogP contribution in [0.5, 0.6) is 0 Å². The minimum absolute atomic E-state index is 0.0540. The molecule has 0 aliphatic carbocycles. The van der Waals surface area contributed by atoms with Crippen LogP contribution in [0.4, 0.5) is 4.39 Å². The summed E-state index contributed by atoms with van der Waals surface area (Å²) in [5, 5.41) is 0. The first kappa shape index (κ1) is 41.9. The number of phosphoric ester groups is 1. The van der Waals surface area contributed by atoms with Gasteiger partial charge in [0.15, 0.2) is 24.5 Å². The molecule has 15 heteroatoms. The van der Waals surface area contributed by atoms with Gasteiger partial charge in [-0.1, -0.05) is 96.8 Å². The van der Waals surface area contributed by atoms with Crippen molar-refractivity contribution in [2.75, 3.05) is 6.61 Å². The summed E-state index contributed by atoms with van der Waals surface area (Å²) in [5.41, 5.74) is 0. The van der Waals surface area contributed by atoms with Crippen molar-refractivity contribution >= 4 is 31.7 Å². The first-order chi connectivity index (χ1) is 21.7. The van der Waals surface area contributed by atoms with Gasteiger partial charge in [-0.15, -0.1) is 0 Å². The van der Waals surface area contributed by atoms with Crippen molar-refractivity contribution in [2.24, 2.45) is 0 Å². The molecule has 6 atom stereocenters. The van der Waals surface area contributed by atoms with E-state index in [1.807, 2.05) is 0 Å². The van der Waals surface area contributed by atoms with E-state index >= 15 is 4.39 Å². The molecular weight excluding hydrogens is 630 g/mol. The molecule has 1 saturated heterocycles. The van der Waals surface area contributed by atoms with Crippen molar-refractivity contribution in [3.05, 3.63) is 0 Å². The second kappa shape index (κ2) is 23.2.